The number of carbonyl (C=O) groups is 2. The summed E-state index contributed by atoms with van der Waals surface area (Å²) in [6.45, 7) is -1.30. The van der Waals surface area contributed by atoms with Crippen LogP contribution in [0.15, 0.2) is 48.5 Å². The zero-order valence-electron chi connectivity index (χ0n) is 14.1. The lowest BCUT2D eigenvalue weighted by Gasteiger charge is -2.10. The van der Waals surface area contributed by atoms with Gasteiger partial charge in [0.05, 0.1) is 5.92 Å². The molecular formula is C19H19F2NO4. The second-order valence-electron chi connectivity index (χ2n) is 5.76. The Morgan fingerprint density at radius 1 is 1.15 bits per heavy atom. The van der Waals surface area contributed by atoms with Crippen LogP contribution in [0.3, 0.4) is 0 Å². The quantitative estimate of drug-likeness (QED) is 0.742. The van der Waals surface area contributed by atoms with Crippen LogP contribution in [-0.2, 0) is 16.0 Å². The number of carboxylic acids is 1. The van der Waals surface area contributed by atoms with E-state index in [1.54, 1.807) is 43.3 Å². The van der Waals surface area contributed by atoms with Crippen LogP contribution in [0.5, 0.6) is 5.75 Å². The zero-order chi connectivity index (χ0) is 19.1. The Labute approximate surface area is 149 Å². The van der Waals surface area contributed by atoms with Gasteiger partial charge >= 0.3 is 12.6 Å². The zero-order valence-corrected chi connectivity index (χ0v) is 14.1. The molecule has 0 fully saturated rings. The third-order valence-electron chi connectivity index (χ3n) is 3.83. The second kappa shape index (κ2) is 8.94. The van der Waals surface area contributed by atoms with E-state index in [1.165, 1.54) is 12.1 Å². The number of carbonyl (C=O) groups excluding carboxylic acids is 1. The Hall–Kier alpha value is -2.96. The standard InChI is InChI=1S/C19H19F2NO4/c1-12(18(24)25)14-3-2-4-15(11-14)22-17(23)10-7-13-5-8-16(9-6-13)26-19(20)21/h2-6,8-9,11-12,19H,7,10H2,1H3,(H,22,23)(H,24,25). The highest BCUT2D eigenvalue weighted by Crippen LogP contribution is 2.20. The molecule has 2 aromatic carbocycles. The number of hydrogen-bond acceptors (Lipinski definition) is 3. The summed E-state index contributed by atoms with van der Waals surface area (Å²) in [5, 5.41) is 11.8. The summed E-state index contributed by atoms with van der Waals surface area (Å²) in [6.07, 6.45) is 0.639. The Morgan fingerprint density at radius 2 is 1.85 bits per heavy atom. The van der Waals surface area contributed by atoms with Crippen molar-refractivity contribution in [2.24, 2.45) is 0 Å². The molecule has 26 heavy (non-hydrogen) atoms. The van der Waals surface area contributed by atoms with Gasteiger partial charge in [-0.1, -0.05) is 24.3 Å². The maximum Gasteiger partial charge on any atom is 0.387 e. The molecule has 0 aromatic heterocycles. The summed E-state index contributed by atoms with van der Waals surface area (Å²) in [6, 6.07) is 12.8. The lowest BCUT2D eigenvalue weighted by Crippen LogP contribution is -2.13. The van der Waals surface area contributed by atoms with Gasteiger partial charge in [-0.05, 0) is 48.7 Å². The van der Waals surface area contributed by atoms with Gasteiger partial charge in [-0.2, -0.15) is 8.78 Å². The van der Waals surface area contributed by atoms with Crippen LogP contribution >= 0.6 is 0 Å². The number of carboxylic acid groups (broad SMARTS) is 1. The molecule has 2 aromatic rings. The maximum atomic E-state index is 12.1. The van der Waals surface area contributed by atoms with Crippen molar-refractivity contribution in [2.45, 2.75) is 32.3 Å². The molecular weight excluding hydrogens is 344 g/mol. The number of halogens is 2. The fourth-order valence-corrected chi connectivity index (χ4v) is 2.35. The number of aliphatic carboxylic acids is 1. The average Bonchev–Trinajstić information content (AvgIpc) is 2.60. The highest BCUT2D eigenvalue weighted by molar-refractivity contribution is 5.91. The van der Waals surface area contributed by atoms with Crippen LogP contribution < -0.4 is 10.1 Å². The van der Waals surface area contributed by atoms with E-state index in [2.05, 4.69) is 10.1 Å². The molecule has 0 radical (unpaired) electrons. The smallest absolute Gasteiger partial charge is 0.387 e. The monoisotopic (exact) mass is 363 g/mol. The summed E-state index contributed by atoms with van der Waals surface area (Å²) in [7, 11) is 0. The lowest BCUT2D eigenvalue weighted by atomic mass is 10.0. The van der Waals surface area contributed by atoms with Crippen molar-refractivity contribution in [1.29, 1.82) is 0 Å². The predicted octanol–water partition coefficient (Wildman–Crippen LogP) is 4.05. The number of hydrogen-bond donors (Lipinski definition) is 2. The van der Waals surface area contributed by atoms with E-state index >= 15 is 0 Å². The number of nitrogens with one attached hydrogen (secondary N) is 1. The van der Waals surface area contributed by atoms with Crippen molar-refractivity contribution in [1.82, 2.24) is 0 Å². The van der Waals surface area contributed by atoms with Gasteiger partial charge in [0, 0.05) is 12.1 Å². The van der Waals surface area contributed by atoms with Crippen molar-refractivity contribution >= 4 is 17.6 Å². The minimum atomic E-state index is -2.87. The Bertz CT molecular complexity index is 762. The third-order valence-corrected chi connectivity index (χ3v) is 3.83. The molecule has 138 valence electrons. The maximum absolute atomic E-state index is 12.1. The highest BCUT2D eigenvalue weighted by Gasteiger charge is 2.14. The molecule has 7 heteroatoms. The molecule has 1 unspecified atom stereocenters. The van der Waals surface area contributed by atoms with E-state index < -0.39 is 18.5 Å². The predicted molar refractivity (Wildman–Crippen MR) is 92.5 cm³/mol. The number of alkyl halides is 2. The normalized spacial score (nSPS) is 11.8. The summed E-state index contributed by atoms with van der Waals surface area (Å²) in [5.41, 5.74) is 1.95. The molecule has 1 atom stereocenters. The number of anilines is 1. The molecule has 0 saturated heterocycles. The van der Waals surface area contributed by atoms with Gasteiger partial charge < -0.3 is 15.2 Å². The number of benzene rings is 2. The SMILES string of the molecule is CC(C(=O)O)c1cccc(NC(=O)CCc2ccc(OC(F)F)cc2)c1. The van der Waals surface area contributed by atoms with Crippen LogP contribution in [-0.4, -0.2) is 23.6 Å². The molecule has 1 amide bonds. The van der Waals surface area contributed by atoms with Gasteiger partial charge in [0.1, 0.15) is 5.75 Å². The molecule has 0 spiro atoms. The van der Waals surface area contributed by atoms with Crippen molar-refractivity contribution in [3.05, 3.63) is 59.7 Å². The summed E-state index contributed by atoms with van der Waals surface area (Å²) >= 11 is 0. The van der Waals surface area contributed by atoms with Gasteiger partial charge in [0.15, 0.2) is 0 Å². The Kier molecular flexibility index (Phi) is 6.66. The minimum absolute atomic E-state index is 0.0672. The third kappa shape index (κ3) is 5.84. The van der Waals surface area contributed by atoms with Crippen molar-refractivity contribution < 1.29 is 28.2 Å². The molecule has 0 aliphatic carbocycles. The van der Waals surface area contributed by atoms with E-state index in [0.717, 1.165) is 5.56 Å². The average molecular weight is 363 g/mol. The summed E-state index contributed by atoms with van der Waals surface area (Å²) < 4.78 is 28.5. The summed E-state index contributed by atoms with van der Waals surface area (Å²) in [4.78, 5) is 23.1. The van der Waals surface area contributed by atoms with Crippen LogP contribution in [0.25, 0.3) is 0 Å². The first-order valence-corrected chi connectivity index (χ1v) is 8.01. The molecule has 0 aliphatic heterocycles. The van der Waals surface area contributed by atoms with Gasteiger partial charge in [0.25, 0.3) is 0 Å². The minimum Gasteiger partial charge on any atom is -0.481 e. The largest absolute Gasteiger partial charge is 0.481 e. The number of rotatable bonds is 8. The van der Waals surface area contributed by atoms with Gasteiger partial charge in [0.2, 0.25) is 5.91 Å². The van der Waals surface area contributed by atoms with E-state index in [9.17, 15) is 18.4 Å². The summed E-state index contributed by atoms with van der Waals surface area (Å²) in [5.74, 6) is -1.76. The molecule has 0 bridgehead atoms. The lowest BCUT2D eigenvalue weighted by molar-refractivity contribution is -0.138. The Morgan fingerprint density at radius 3 is 2.46 bits per heavy atom. The topological polar surface area (TPSA) is 75.6 Å². The molecule has 0 heterocycles. The number of aryl methyl sites for hydroxylation is 1. The second-order valence-corrected chi connectivity index (χ2v) is 5.76. The van der Waals surface area contributed by atoms with Crippen LogP contribution in [0, 0.1) is 0 Å². The van der Waals surface area contributed by atoms with Crippen LogP contribution in [0.4, 0.5) is 14.5 Å². The van der Waals surface area contributed by atoms with E-state index in [-0.39, 0.29) is 18.1 Å². The van der Waals surface area contributed by atoms with Gasteiger partial charge in [-0.3, -0.25) is 9.59 Å². The number of amides is 1. The molecule has 5 nitrogen and oxygen atoms in total. The highest BCUT2D eigenvalue weighted by atomic mass is 19.3. The first-order chi connectivity index (χ1) is 12.3. The van der Waals surface area contributed by atoms with Crippen LogP contribution in [0.2, 0.25) is 0 Å². The molecule has 2 N–H and O–H groups in total. The molecule has 0 aliphatic rings. The van der Waals surface area contributed by atoms with Gasteiger partial charge in [-0.15, -0.1) is 0 Å². The molecule has 2 rings (SSSR count). The van der Waals surface area contributed by atoms with E-state index in [0.29, 0.717) is 17.7 Å². The van der Waals surface area contributed by atoms with Gasteiger partial charge in [-0.25, -0.2) is 0 Å². The van der Waals surface area contributed by atoms with Crippen molar-refractivity contribution in [3.8, 4) is 5.75 Å². The van der Waals surface area contributed by atoms with E-state index in [4.69, 9.17) is 5.11 Å². The van der Waals surface area contributed by atoms with Crippen molar-refractivity contribution in [2.75, 3.05) is 5.32 Å². The number of ether oxygens (including phenoxy) is 1. The van der Waals surface area contributed by atoms with E-state index in [1.807, 2.05) is 0 Å². The first kappa shape index (κ1) is 19.4. The molecule has 0 saturated carbocycles. The van der Waals surface area contributed by atoms with Crippen molar-refractivity contribution in [3.63, 3.8) is 0 Å². The van der Waals surface area contributed by atoms with Crippen LogP contribution in [0.1, 0.15) is 30.4 Å². The first-order valence-electron chi connectivity index (χ1n) is 8.01. The Balaban J connectivity index is 1.89. The fourth-order valence-electron chi connectivity index (χ4n) is 2.35. The fraction of sp³-hybridized carbons (Fsp3) is 0.263.